The minimum Gasteiger partial charge on any atom is -0.444 e. The summed E-state index contributed by atoms with van der Waals surface area (Å²) in [6.45, 7) is 6.68. The Labute approximate surface area is 226 Å². The van der Waals surface area contributed by atoms with Crippen molar-refractivity contribution in [3.05, 3.63) is 78.3 Å². The van der Waals surface area contributed by atoms with E-state index >= 15 is 0 Å². The molecule has 2 aromatic heterocycles. The van der Waals surface area contributed by atoms with E-state index < -0.39 is 11.5 Å². The van der Waals surface area contributed by atoms with Gasteiger partial charge < -0.3 is 24.5 Å². The molecule has 2 saturated heterocycles. The van der Waals surface area contributed by atoms with Crippen LogP contribution in [-0.4, -0.2) is 68.7 Å². The first-order valence-corrected chi connectivity index (χ1v) is 13.2. The second kappa shape index (κ2) is 9.41. The fraction of sp³-hybridized carbons (Fsp3) is 0.333. The Bertz CT molecular complexity index is 1520. The smallest absolute Gasteiger partial charge is 0.276 e. The molecule has 0 unspecified atom stereocenters. The highest BCUT2D eigenvalue weighted by atomic mass is 16.3. The predicted molar refractivity (Wildman–Crippen MR) is 146 cm³/mol. The second-order valence-corrected chi connectivity index (χ2v) is 11.4. The van der Waals surface area contributed by atoms with E-state index in [-0.39, 0.29) is 35.5 Å². The number of amides is 3. The molecule has 4 aromatic rings. The minimum atomic E-state index is -0.719. The van der Waals surface area contributed by atoms with Gasteiger partial charge in [-0.25, -0.2) is 4.98 Å². The summed E-state index contributed by atoms with van der Waals surface area (Å²) in [4.78, 5) is 51.4. The van der Waals surface area contributed by atoms with Gasteiger partial charge in [-0.2, -0.15) is 0 Å². The molecule has 2 aromatic carbocycles. The lowest BCUT2D eigenvalue weighted by molar-refractivity contribution is -0.138. The molecule has 0 spiro atoms. The summed E-state index contributed by atoms with van der Waals surface area (Å²) in [7, 11) is 0. The lowest BCUT2D eigenvalue weighted by Gasteiger charge is -2.39. The van der Waals surface area contributed by atoms with E-state index in [1.54, 1.807) is 11.0 Å². The highest BCUT2D eigenvalue weighted by Crippen LogP contribution is 2.34. The Morgan fingerprint density at radius 3 is 2.38 bits per heavy atom. The predicted octanol–water partition coefficient (Wildman–Crippen LogP) is 4.09. The number of para-hydroxylation sites is 1. The SMILES string of the molecule is CC(C)(C)[C@H](NC(=O)c1cc2ccccc2[nH]1)C(=O)N1C[C@@H]2C[C@H]1CN2C(=O)c1coc(-c2ccccc2)n1. The van der Waals surface area contributed by atoms with Gasteiger partial charge in [0.15, 0.2) is 5.69 Å². The average Bonchev–Trinajstić information content (AvgIpc) is 3.73. The Balaban J connectivity index is 1.14. The molecule has 0 radical (unpaired) electrons. The molecule has 2 N–H and O–H groups in total. The highest BCUT2D eigenvalue weighted by Gasteiger charge is 2.50. The third kappa shape index (κ3) is 4.58. The normalized spacial score (nSPS) is 19.5. The van der Waals surface area contributed by atoms with Gasteiger partial charge in [0, 0.05) is 29.6 Å². The molecule has 0 saturated carbocycles. The van der Waals surface area contributed by atoms with Crippen molar-refractivity contribution in [1.29, 1.82) is 0 Å². The Hall–Kier alpha value is -4.40. The number of benzene rings is 2. The molecule has 200 valence electrons. The Kier molecular flexibility index (Phi) is 6.01. The number of likely N-dealkylation sites (tertiary alicyclic amines) is 2. The van der Waals surface area contributed by atoms with Gasteiger partial charge in [0.2, 0.25) is 11.8 Å². The van der Waals surface area contributed by atoms with Gasteiger partial charge in [0.05, 0.1) is 12.1 Å². The van der Waals surface area contributed by atoms with Crippen LogP contribution in [-0.2, 0) is 4.79 Å². The van der Waals surface area contributed by atoms with Gasteiger partial charge in [0.25, 0.3) is 11.8 Å². The van der Waals surface area contributed by atoms with Crippen molar-refractivity contribution in [1.82, 2.24) is 25.1 Å². The zero-order chi connectivity index (χ0) is 27.3. The van der Waals surface area contributed by atoms with Crippen LogP contribution >= 0.6 is 0 Å². The van der Waals surface area contributed by atoms with Gasteiger partial charge in [-0.1, -0.05) is 57.2 Å². The van der Waals surface area contributed by atoms with Gasteiger partial charge in [0.1, 0.15) is 18.0 Å². The maximum atomic E-state index is 13.8. The van der Waals surface area contributed by atoms with E-state index in [2.05, 4.69) is 15.3 Å². The van der Waals surface area contributed by atoms with E-state index in [9.17, 15) is 14.4 Å². The number of rotatable bonds is 5. The zero-order valence-corrected chi connectivity index (χ0v) is 22.2. The first-order chi connectivity index (χ1) is 18.7. The summed E-state index contributed by atoms with van der Waals surface area (Å²) >= 11 is 0. The highest BCUT2D eigenvalue weighted by molar-refractivity contribution is 6.00. The van der Waals surface area contributed by atoms with Gasteiger partial charge in [-0.3, -0.25) is 14.4 Å². The molecular formula is C30H31N5O4. The van der Waals surface area contributed by atoms with E-state index in [1.807, 2.05) is 80.3 Å². The van der Waals surface area contributed by atoms with Crippen molar-refractivity contribution in [2.45, 2.75) is 45.3 Å². The van der Waals surface area contributed by atoms with Crippen molar-refractivity contribution in [3.63, 3.8) is 0 Å². The molecule has 39 heavy (non-hydrogen) atoms. The number of nitrogens with one attached hydrogen (secondary N) is 2. The van der Waals surface area contributed by atoms with E-state index in [0.717, 1.165) is 16.5 Å². The number of aromatic amines is 1. The zero-order valence-electron chi connectivity index (χ0n) is 22.2. The number of H-pyrrole nitrogens is 1. The maximum Gasteiger partial charge on any atom is 0.276 e. The van der Waals surface area contributed by atoms with Crippen molar-refractivity contribution in [2.75, 3.05) is 13.1 Å². The first kappa shape index (κ1) is 24.9. The van der Waals surface area contributed by atoms with Crippen LogP contribution in [0, 0.1) is 5.41 Å². The molecular weight excluding hydrogens is 494 g/mol. The summed E-state index contributed by atoms with van der Waals surface area (Å²) in [5, 5.41) is 3.92. The number of nitrogens with zero attached hydrogens (tertiary/aromatic N) is 3. The fourth-order valence-electron chi connectivity index (χ4n) is 5.64. The van der Waals surface area contributed by atoms with Crippen molar-refractivity contribution < 1.29 is 18.8 Å². The largest absolute Gasteiger partial charge is 0.444 e. The number of aromatic nitrogens is 2. The number of oxazole rings is 1. The average molecular weight is 526 g/mol. The van der Waals surface area contributed by atoms with Crippen LogP contribution in [0.2, 0.25) is 0 Å². The molecule has 9 heteroatoms. The number of piperazine rings is 1. The molecule has 0 aliphatic carbocycles. The first-order valence-electron chi connectivity index (χ1n) is 13.2. The van der Waals surface area contributed by atoms with E-state index in [4.69, 9.17) is 4.42 Å². The van der Waals surface area contributed by atoms with E-state index in [0.29, 0.717) is 31.1 Å². The number of hydrogen-bond acceptors (Lipinski definition) is 5. The Morgan fingerprint density at radius 2 is 1.69 bits per heavy atom. The molecule has 2 bridgehead atoms. The summed E-state index contributed by atoms with van der Waals surface area (Å²) < 4.78 is 5.57. The van der Waals surface area contributed by atoms with Crippen molar-refractivity contribution in [2.24, 2.45) is 5.41 Å². The van der Waals surface area contributed by atoms with Gasteiger partial charge >= 0.3 is 0 Å². The van der Waals surface area contributed by atoms with Crippen molar-refractivity contribution in [3.8, 4) is 11.5 Å². The quantitative estimate of drug-likeness (QED) is 0.408. The number of carbonyl (C=O) groups is 3. The summed E-state index contributed by atoms with van der Waals surface area (Å²) in [5.74, 6) is -0.237. The molecule has 4 heterocycles. The number of carbonyl (C=O) groups excluding carboxylic acids is 3. The minimum absolute atomic E-state index is 0.103. The number of hydrogen-bond donors (Lipinski definition) is 2. The molecule has 9 nitrogen and oxygen atoms in total. The molecule has 2 fully saturated rings. The van der Waals surface area contributed by atoms with Crippen LogP contribution in [0.5, 0.6) is 0 Å². The molecule has 2 aliphatic rings. The second-order valence-electron chi connectivity index (χ2n) is 11.4. The monoisotopic (exact) mass is 525 g/mol. The third-order valence-corrected chi connectivity index (χ3v) is 7.69. The third-order valence-electron chi connectivity index (χ3n) is 7.69. The molecule has 3 amide bonds. The van der Waals surface area contributed by atoms with Crippen molar-refractivity contribution >= 4 is 28.6 Å². The van der Waals surface area contributed by atoms with Gasteiger partial charge in [-0.15, -0.1) is 0 Å². The van der Waals surface area contributed by atoms with Crippen LogP contribution in [0.4, 0.5) is 0 Å². The van der Waals surface area contributed by atoms with Crippen LogP contribution in [0.3, 0.4) is 0 Å². The molecule has 2 aliphatic heterocycles. The standard InChI is InChI=1S/C30H31N5O4/c1-30(2,3)25(33-26(36)23-13-19-11-7-8-12-22(19)31-23)29(38)35-16-20-14-21(35)15-34(20)28(37)24-17-39-27(32-24)18-9-5-4-6-10-18/h4-13,17,20-21,25,31H,14-16H2,1-3H3,(H,33,36)/t20-,21-,25+/m0/s1. The van der Waals surface area contributed by atoms with Crippen LogP contribution in [0.25, 0.3) is 22.4 Å². The molecule has 3 atom stereocenters. The topological polar surface area (TPSA) is 112 Å². The Morgan fingerprint density at radius 1 is 1.00 bits per heavy atom. The lowest BCUT2D eigenvalue weighted by atomic mass is 9.85. The fourth-order valence-corrected chi connectivity index (χ4v) is 5.64. The van der Waals surface area contributed by atoms with E-state index in [1.165, 1.54) is 6.26 Å². The lowest BCUT2D eigenvalue weighted by Crippen LogP contribution is -2.59. The summed E-state index contributed by atoms with van der Waals surface area (Å²) in [6.07, 6.45) is 2.10. The van der Waals surface area contributed by atoms with Crippen LogP contribution in [0.1, 0.15) is 48.2 Å². The van der Waals surface area contributed by atoms with Gasteiger partial charge in [-0.05, 0) is 36.1 Å². The summed E-state index contributed by atoms with van der Waals surface area (Å²) in [5.41, 5.74) is 1.84. The number of fused-ring (bicyclic) bond motifs is 3. The van der Waals surface area contributed by atoms with Crippen LogP contribution < -0.4 is 5.32 Å². The maximum absolute atomic E-state index is 13.8. The summed E-state index contributed by atoms with van der Waals surface area (Å²) in [6, 6.07) is 18.0. The molecule has 6 rings (SSSR count). The van der Waals surface area contributed by atoms with Crippen LogP contribution in [0.15, 0.2) is 71.3 Å².